The number of fused-ring (bicyclic) bond motifs is 2. The number of ether oxygens (including phenoxy) is 2. The summed E-state index contributed by atoms with van der Waals surface area (Å²) >= 11 is 1.49. The van der Waals surface area contributed by atoms with E-state index in [1.165, 1.54) is 29.5 Å². The molecule has 0 atom stereocenters. The van der Waals surface area contributed by atoms with E-state index in [2.05, 4.69) is 6.92 Å². The molecule has 0 aliphatic carbocycles. The standard InChI is InChI=1S/C37H34FN5O4S/c1-3-29-36(41(2)37-40-30(22-48-37)25-7-11-28(38)12-8-25)43-20-27(10-15-35(43)39-29)26(18-24-6-14-33-34(19-24)47-23-46-33)9-13-31(44)32(45)21-42-16-4-5-17-42/h6-15,18-20,22H,3-5,16-17,21,23H2,1-2H3. The maximum absolute atomic E-state index is 13.5. The molecule has 0 amide bonds. The van der Waals surface area contributed by atoms with Crippen molar-refractivity contribution in [3.05, 3.63) is 101 Å². The Balaban J connectivity index is 1.25. The summed E-state index contributed by atoms with van der Waals surface area (Å²) in [4.78, 5) is 39.6. The lowest BCUT2D eigenvalue weighted by molar-refractivity contribution is -0.134. The second-order valence-electron chi connectivity index (χ2n) is 11.8. The number of imidazole rings is 1. The first kappa shape index (κ1) is 31.5. The Hall–Kier alpha value is -5.13. The van der Waals surface area contributed by atoms with Gasteiger partial charge in [0.1, 0.15) is 17.3 Å². The van der Waals surface area contributed by atoms with Crippen LogP contribution in [0.15, 0.2) is 78.3 Å². The van der Waals surface area contributed by atoms with Crippen LogP contribution in [-0.4, -0.2) is 64.3 Å². The Kier molecular flexibility index (Phi) is 8.88. The van der Waals surface area contributed by atoms with Gasteiger partial charge in [-0.25, -0.2) is 14.4 Å². The molecular weight excluding hydrogens is 630 g/mol. The molecule has 0 unspecified atom stereocenters. The number of thiazole rings is 1. The van der Waals surface area contributed by atoms with Crippen molar-refractivity contribution in [1.82, 2.24) is 19.3 Å². The van der Waals surface area contributed by atoms with E-state index >= 15 is 0 Å². The van der Waals surface area contributed by atoms with Crippen molar-refractivity contribution in [2.45, 2.75) is 26.2 Å². The quantitative estimate of drug-likeness (QED) is 0.0850. The number of Topliss-reactive ketones (excluding diaryl/α,β-unsaturated/α-hetero) is 1. The molecule has 0 saturated carbocycles. The van der Waals surface area contributed by atoms with Crippen molar-refractivity contribution in [3.63, 3.8) is 0 Å². The number of rotatable bonds is 11. The second-order valence-corrected chi connectivity index (χ2v) is 12.6. The Morgan fingerprint density at radius 3 is 2.58 bits per heavy atom. The van der Waals surface area contributed by atoms with Crippen LogP contribution in [0.1, 0.15) is 36.6 Å². The number of anilines is 2. The molecule has 9 nitrogen and oxygen atoms in total. The number of ketones is 2. The van der Waals surface area contributed by atoms with Crippen molar-refractivity contribution in [2.24, 2.45) is 0 Å². The van der Waals surface area contributed by atoms with Gasteiger partial charge in [0.2, 0.25) is 18.4 Å². The summed E-state index contributed by atoms with van der Waals surface area (Å²) in [5, 5.41) is 2.72. The lowest BCUT2D eigenvalue weighted by Crippen LogP contribution is -2.30. The van der Waals surface area contributed by atoms with Crippen molar-refractivity contribution in [2.75, 3.05) is 38.4 Å². The van der Waals surface area contributed by atoms with Crippen LogP contribution < -0.4 is 14.4 Å². The molecule has 3 aromatic heterocycles. The molecule has 1 fully saturated rings. The topological polar surface area (TPSA) is 89.3 Å². The van der Waals surface area contributed by atoms with Gasteiger partial charge in [0.15, 0.2) is 16.6 Å². The zero-order valence-corrected chi connectivity index (χ0v) is 27.5. The number of hydrogen-bond acceptors (Lipinski definition) is 9. The van der Waals surface area contributed by atoms with Gasteiger partial charge >= 0.3 is 0 Å². The van der Waals surface area contributed by atoms with Gasteiger partial charge in [0, 0.05) is 24.2 Å². The number of allylic oxidation sites excluding steroid dienone is 3. The lowest BCUT2D eigenvalue weighted by Gasteiger charge is -2.17. The molecule has 0 N–H and O–H groups in total. The van der Waals surface area contributed by atoms with Crippen molar-refractivity contribution >= 4 is 51.1 Å². The zero-order valence-electron chi connectivity index (χ0n) is 26.7. The highest BCUT2D eigenvalue weighted by Gasteiger charge is 2.21. The highest BCUT2D eigenvalue weighted by Crippen LogP contribution is 2.36. The molecule has 2 aromatic carbocycles. The number of aromatic nitrogens is 3. The van der Waals surface area contributed by atoms with Gasteiger partial charge in [-0.2, -0.15) is 0 Å². The normalized spacial score (nSPS) is 14.8. The largest absolute Gasteiger partial charge is 0.454 e. The molecule has 48 heavy (non-hydrogen) atoms. The smallest absolute Gasteiger partial charge is 0.231 e. The van der Waals surface area contributed by atoms with E-state index < -0.39 is 11.6 Å². The molecule has 0 radical (unpaired) electrons. The molecule has 7 rings (SSSR count). The molecule has 11 heteroatoms. The fraction of sp³-hybridized carbons (Fsp3) is 0.243. The number of carbonyl (C=O) groups is 2. The minimum Gasteiger partial charge on any atom is -0.454 e. The van der Waals surface area contributed by atoms with Crippen LogP contribution >= 0.6 is 11.3 Å². The van der Waals surface area contributed by atoms with Crippen LogP contribution in [0.3, 0.4) is 0 Å². The number of aryl methyl sites for hydroxylation is 1. The highest BCUT2D eigenvalue weighted by molar-refractivity contribution is 7.14. The molecular formula is C37H34FN5O4S. The predicted molar refractivity (Wildman–Crippen MR) is 185 cm³/mol. The predicted octanol–water partition coefficient (Wildman–Crippen LogP) is 6.99. The number of nitrogens with zero attached hydrogens (tertiary/aromatic N) is 5. The Bertz CT molecular complexity index is 2060. The summed E-state index contributed by atoms with van der Waals surface area (Å²) in [7, 11) is 1.95. The van der Waals surface area contributed by atoms with E-state index in [-0.39, 0.29) is 19.2 Å². The van der Waals surface area contributed by atoms with Crippen LogP contribution in [0.5, 0.6) is 11.5 Å². The number of hydrogen-bond donors (Lipinski definition) is 0. The third-order valence-electron chi connectivity index (χ3n) is 8.54. The molecule has 1 saturated heterocycles. The van der Waals surface area contributed by atoms with Gasteiger partial charge in [-0.05, 0) is 110 Å². The average molecular weight is 664 g/mol. The van der Waals surface area contributed by atoms with Crippen LogP contribution in [0.25, 0.3) is 28.6 Å². The van der Waals surface area contributed by atoms with E-state index in [0.717, 1.165) is 76.2 Å². The molecule has 0 bridgehead atoms. The van der Waals surface area contributed by atoms with Crippen LogP contribution in [0.2, 0.25) is 0 Å². The van der Waals surface area contributed by atoms with E-state index in [1.807, 2.05) is 69.2 Å². The number of benzene rings is 2. The summed E-state index contributed by atoms with van der Waals surface area (Å²) in [6, 6.07) is 15.9. The maximum Gasteiger partial charge on any atom is 0.231 e. The molecule has 5 aromatic rings. The number of likely N-dealkylation sites (tertiary alicyclic amines) is 1. The van der Waals surface area contributed by atoms with E-state index in [1.54, 1.807) is 18.2 Å². The minimum absolute atomic E-state index is 0.139. The van der Waals surface area contributed by atoms with Crippen molar-refractivity contribution in [3.8, 4) is 22.8 Å². The van der Waals surface area contributed by atoms with Crippen LogP contribution in [-0.2, 0) is 16.0 Å². The third-order valence-corrected chi connectivity index (χ3v) is 9.46. The number of pyridine rings is 1. The van der Waals surface area contributed by atoms with Gasteiger partial charge in [-0.3, -0.25) is 18.9 Å². The second kappa shape index (κ2) is 13.5. The zero-order chi connectivity index (χ0) is 33.2. The lowest BCUT2D eigenvalue weighted by atomic mass is 10.0. The van der Waals surface area contributed by atoms with Gasteiger partial charge < -0.3 is 14.4 Å². The highest BCUT2D eigenvalue weighted by atomic mass is 32.1. The summed E-state index contributed by atoms with van der Waals surface area (Å²) in [6.45, 7) is 4.05. The summed E-state index contributed by atoms with van der Waals surface area (Å²) in [5.74, 6) is 0.945. The minimum atomic E-state index is -0.531. The monoisotopic (exact) mass is 663 g/mol. The summed E-state index contributed by atoms with van der Waals surface area (Å²) < 4.78 is 26.6. The van der Waals surface area contributed by atoms with E-state index in [9.17, 15) is 14.0 Å². The van der Waals surface area contributed by atoms with Gasteiger partial charge in [-0.15, -0.1) is 11.3 Å². The average Bonchev–Trinajstić information content (AvgIpc) is 3.93. The Morgan fingerprint density at radius 1 is 1.00 bits per heavy atom. The summed E-state index contributed by atoms with van der Waals surface area (Å²) in [6.07, 6.45) is 9.80. The van der Waals surface area contributed by atoms with Gasteiger partial charge in [0.05, 0.1) is 17.9 Å². The molecule has 2 aliphatic heterocycles. The van der Waals surface area contributed by atoms with E-state index in [4.69, 9.17) is 19.4 Å². The maximum atomic E-state index is 13.5. The third kappa shape index (κ3) is 6.51. The van der Waals surface area contributed by atoms with Gasteiger partial charge in [0.25, 0.3) is 0 Å². The van der Waals surface area contributed by atoms with Gasteiger partial charge in [-0.1, -0.05) is 19.1 Å². The molecule has 5 heterocycles. The first-order valence-corrected chi connectivity index (χ1v) is 16.8. The molecule has 2 aliphatic rings. The first-order chi connectivity index (χ1) is 23.4. The molecule has 0 spiro atoms. The molecule has 244 valence electrons. The van der Waals surface area contributed by atoms with Crippen LogP contribution in [0.4, 0.5) is 15.3 Å². The summed E-state index contributed by atoms with van der Waals surface area (Å²) in [5.41, 5.74) is 5.65. The van der Waals surface area contributed by atoms with Crippen LogP contribution in [0, 0.1) is 5.82 Å². The Labute approximate surface area is 281 Å². The first-order valence-electron chi connectivity index (χ1n) is 15.9. The van der Waals surface area contributed by atoms with Crippen molar-refractivity contribution < 1.29 is 23.5 Å². The number of carbonyl (C=O) groups excluding carboxylic acids is 2. The fourth-order valence-electron chi connectivity index (χ4n) is 6.00. The van der Waals surface area contributed by atoms with Crippen molar-refractivity contribution in [1.29, 1.82) is 0 Å². The fourth-order valence-corrected chi connectivity index (χ4v) is 6.80. The van der Waals surface area contributed by atoms with E-state index in [0.29, 0.717) is 17.9 Å². The Morgan fingerprint density at radius 2 is 1.79 bits per heavy atom. The SMILES string of the molecule is CCc1nc2ccc(C(C=CC(=O)C(=O)CN3CCCC3)=Cc3ccc4c(c3)OCO4)cn2c1N(C)c1nc(-c2ccc(F)cc2)cs1. The number of halogens is 1.